The first-order valence-electron chi connectivity index (χ1n) is 6.00. The van der Waals surface area contributed by atoms with Gasteiger partial charge >= 0.3 is 32.7 Å². The average Bonchev–Trinajstić information content (AvgIpc) is 2.18. The van der Waals surface area contributed by atoms with Gasteiger partial charge in [-0.25, -0.2) is 0 Å². The van der Waals surface area contributed by atoms with E-state index in [9.17, 15) is 15.3 Å². The van der Waals surface area contributed by atoms with Crippen molar-refractivity contribution in [3.63, 3.8) is 0 Å². The van der Waals surface area contributed by atoms with Crippen molar-refractivity contribution in [3.8, 4) is 0 Å². The van der Waals surface area contributed by atoms with Crippen LogP contribution in [0.3, 0.4) is 0 Å². The minimum absolute atomic E-state index is 0. The molecule has 0 aromatic heterocycles. The second-order valence-electron chi connectivity index (χ2n) is 4.52. The fourth-order valence-corrected chi connectivity index (χ4v) is 0.548. The van der Waals surface area contributed by atoms with Gasteiger partial charge in [0.1, 0.15) is 0 Å². The third-order valence-corrected chi connectivity index (χ3v) is 1.62. The van der Waals surface area contributed by atoms with Crippen LogP contribution >= 0.6 is 0 Å². The Morgan fingerprint density at radius 2 is 0.684 bits per heavy atom. The number of likely N-dealkylation sites (N-methyl/N-ethyl adjacent to an activating group) is 3. The van der Waals surface area contributed by atoms with Gasteiger partial charge in [0.25, 0.3) is 0 Å². The smallest absolute Gasteiger partial charge is 0.854 e. The van der Waals surface area contributed by atoms with Crippen molar-refractivity contribution in [2.75, 3.05) is 81.7 Å². The van der Waals surface area contributed by atoms with Gasteiger partial charge in [0.05, 0.1) is 0 Å². The molecule has 0 rings (SSSR count). The molecule has 0 spiro atoms. The minimum atomic E-state index is 0. The van der Waals surface area contributed by atoms with Gasteiger partial charge in [0.2, 0.25) is 0 Å². The standard InChI is InChI=1S/3C4H10NO.Y/c3*1-5(2)3-4-6;/h3*3-4H2,1-2H3;/q3*-1;+3. The third-order valence-electron chi connectivity index (χ3n) is 1.62. The van der Waals surface area contributed by atoms with Crippen LogP contribution in [0.4, 0.5) is 0 Å². The molecule has 0 aliphatic rings. The van der Waals surface area contributed by atoms with Crippen LogP contribution in [-0.4, -0.2) is 96.4 Å². The predicted molar refractivity (Wildman–Crippen MR) is 70.3 cm³/mol. The number of rotatable bonds is 6. The fraction of sp³-hybridized carbons (Fsp3) is 1.00. The molecule has 0 N–H and O–H groups in total. The molecule has 7 heteroatoms. The zero-order valence-corrected chi connectivity index (χ0v) is 16.2. The van der Waals surface area contributed by atoms with E-state index in [0.717, 1.165) is 0 Å². The maximum atomic E-state index is 9.70. The number of nitrogens with zero attached hydrogens (tertiary/aromatic N) is 3. The molecular weight excluding hydrogens is 323 g/mol. The van der Waals surface area contributed by atoms with Crippen molar-refractivity contribution in [3.05, 3.63) is 0 Å². The molecule has 0 aliphatic carbocycles. The van der Waals surface area contributed by atoms with Gasteiger partial charge in [0, 0.05) is 0 Å². The van der Waals surface area contributed by atoms with Crippen LogP contribution in [0.5, 0.6) is 0 Å². The van der Waals surface area contributed by atoms with Crippen LogP contribution in [0.25, 0.3) is 0 Å². The van der Waals surface area contributed by atoms with Gasteiger partial charge in [-0.2, -0.15) is 0 Å². The molecule has 0 fully saturated rings. The van der Waals surface area contributed by atoms with Crippen LogP contribution in [0.1, 0.15) is 0 Å². The Bertz CT molecular complexity index is 116. The van der Waals surface area contributed by atoms with Crippen LogP contribution < -0.4 is 15.3 Å². The van der Waals surface area contributed by atoms with Crippen molar-refractivity contribution < 1.29 is 48.0 Å². The molecule has 0 atom stereocenters. The molecule has 0 aliphatic heterocycles. The van der Waals surface area contributed by atoms with Crippen LogP contribution in [0.2, 0.25) is 0 Å². The maximum absolute atomic E-state index is 9.70. The summed E-state index contributed by atoms with van der Waals surface area (Å²) in [6, 6.07) is 0. The van der Waals surface area contributed by atoms with Gasteiger partial charge in [-0.1, -0.05) is 0 Å². The maximum Gasteiger partial charge on any atom is 3.00 e. The van der Waals surface area contributed by atoms with Gasteiger partial charge in [-0.15, -0.1) is 19.8 Å². The SMILES string of the molecule is CN(C)CC[O-].CN(C)CC[O-].CN(C)CC[O-].[Y+3]. The zero-order valence-electron chi connectivity index (χ0n) is 13.4. The molecule has 0 radical (unpaired) electrons. The van der Waals surface area contributed by atoms with E-state index in [-0.39, 0.29) is 52.5 Å². The molecule has 114 valence electrons. The predicted octanol–water partition coefficient (Wildman–Crippen LogP) is -3.28. The average molecular weight is 353 g/mol. The Hall–Kier alpha value is 0.864. The van der Waals surface area contributed by atoms with Crippen molar-refractivity contribution in [1.82, 2.24) is 14.7 Å². The molecule has 0 heterocycles. The minimum Gasteiger partial charge on any atom is -0.854 e. The number of hydrogen-bond donors (Lipinski definition) is 0. The second-order valence-corrected chi connectivity index (χ2v) is 4.52. The molecule has 0 aromatic carbocycles. The summed E-state index contributed by atoms with van der Waals surface area (Å²) in [5.74, 6) is 0. The zero-order chi connectivity index (χ0) is 15.0. The van der Waals surface area contributed by atoms with Gasteiger partial charge in [-0.05, 0) is 61.9 Å². The summed E-state index contributed by atoms with van der Waals surface area (Å²) < 4.78 is 0. The van der Waals surface area contributed by atoms with E-state index < -0.39 is 0 Å². The summed E-state index contributed by atoms with van der Waals surface area (Å²) in [5, 5.41) is 29.1. The van der Waals surface area contributed by atoms with Gasteiger partial charge in [-0.3, -0.25) is 0 Å². The molecule has 6 nitrogen and oxygen atoms in total. The Balaban J connectivity index is -0.0000000865. The van der Waals surface area contributed by atoms with Crippen molar-refractivity contribution in [2.24, 2.45) is 0 Å². The Labute approximate surface area is 144 Å². The molecule has 0 saturated heterocycles. The number of hydrogen-bond acceptors (Lipinski definition) is 6. The van der Waals surface area contributed by atoms with Crippen LogP contribution in [0, 0.1) is 0 Å². The normalized spacial score (nSPS) is 9.47. The molecule has 0 saturated carbocycles. The largest absolute Gasteiger partial charge is 3.00 e. The molecule has 0 aromatic rings. The first-order chi connectivity index (χ1) is 8.31. The summed E-state index contributed by atoms with van der Waals surface area (Å²) >= 11 is 0. The third kappa shape index (κ3) is 55.1. The van der Waals surface area contributed by atoms with E-state index >= 15 is 0 Å². The Morgan fingerprint density at radius 3 is 0.684 bits per heavy atom. The summed E-state index contributed by atoms with van der Waals surface area (Å²) in [5.41, 5.74) is 0. The molecule has 0 unspecified atom stereocenters. The van der Waals surface area contributed by atoms with Crippen molar-refractivity contribution >= 4 is 0 Å². The van der Waals surface area contributed by atoms with E-state index in [1.54, 1.807) is 0 Å². The van der Waals surface area contributed by atoms with Crippen LogP contribution in [-0.2, 0) is 32.7 Å². The summed E-state index contributed by atoms with van der Waals surface area (Å²) in [7, 11) is 11.3. The summed E-state index contributed by atoms with van der Waals surface area (Å²) in [6.45, 7) is 1.98. The Kier molecular flexibility index (Phi) is 35.4. The van der Waals surface area contributed by atoms with E-state index in [4.69, 9.17) is 0 Å². The van der Waals surface area contributed by atoms with Crippen LogP contribution in [0.15, 0.2) is 0 Å². The first kappa shape index (κ1) is 28.1. The quantitative estimate of drug-likeness (QED) is 0.499. The molecule has 0 bridgehead atoms. The second kappa shape index (κ2) is 23.9. The molecule has 0 amide bonds. The van der Waals surface area contributed by atoms with Gasteiger partial charge in [0.15, 0.2) is 0 Å². The van der Waals surface area contributed by atoms with E-state index in [0.29, 0.717) is 19.6 Å². The van der Waals surface area contributed by atoms with E-state index in [2.05, 4.69) is 0 Å². The Morgan fingerprint density at radius 1 is 0.526 bits per heavy atom. The molecule has 19 heavy (non-hydrogen) atoms. The summed E-state index contributed by atoms with van der Waals surface area (Å²) in [6.07, 6.45) is 0. The fourth-order valence-electron chi connectivity index (χ4n) is 0.548. The topological polar surface area (TPSA) is 78.9 Å². The van der Waals surface area contributed by atoms with Crippen molar-refractivity contribution in [1.29, 1.82) is 0 Å². The molecular formula is C12H30N3O3Y. The van der Waals surface area contributed by atoms with E-state index in [1.165, 1.54) is 0 Å². The summed E-state index contributed by atoms with van der Waals surface area (Å²) in [4.78, 5) is 5.60. The van der Waals surface area contributed by atoms with Crippen molar-refractivity contribution in [2.45, 2.75) is 0 Å². The monoisotopic (exact) mass is 353 g/mol. The van der Waals surface area contributed by atoms with Gasteiger partial charge < -0.3 is 30.0 Å². The van der Waals surface area contributed by atoms with E-state index in [1.807, 2.05) is 57.0 Å². The first-order valence-corrected chi connectivity index (χ1v) is 6.00.